The number of hydrogen-bond donors (Lipinski definition) is 0. The van der Waals surface area contributed by atoms with Crippen LogP contribution in [0.3, 0.4) is 0 Å². The van der Waals surface area contributed by atoms with E-state index in [1.807, 2.05) is 6.92 Å². The molecule has 1 rings (SSSR count). The van der Waals surface area contributed by atoms with Crippen molar-refractivity contribution in [2.75, 3.05) is 38.4 Å². The molecule has 0 radical (unpaired) electrons. The van der Waals surface area contributed by atoms with Crippen molar-refractivity contribution in [2.45, 2.75) is 33.6 Å². The van der Waals surface area contributed by atoms with Crippen LogP contribution in [0.5, 0.6) is 0 Å². The molecule has 144 valence electrons. The number of carbonyl (C=O) groups is 3. The second-order valence-corrected chi connectivity index (χ2v) is 5.53. The lowest BCUT2D eigenvalue weighted by Gasteiger charge is -2.20. The summed E-state index contributed by atoms with van der Waals surface area (Å²) < 4.78 is 15.3. The fraction of sp³-hybridized carbons (Fsp3) is 0.526. The van der Waals surface area contributed by atoms with Gasteiger partial charge in [-0.3, -0.25) is 4.79 Å². The van der Waals surface area contributed by atoms with E-state index in [9.17, 15) is 14.4 Å². The second kappa shape index (κ2) is 11.3. The van der Waals surface area contributed by atoms with Crippen LogP contribution >= 0.6 is 0 Å². The first kappa shape index (κ1) is 21.6. The van der Waals surface area contributed by atoms with Crippen molar-refractivity contribution in [1.29, 1.82) is 0 Å². The zero-order valence-electron chi connectivity index (χ0n) is 15.9. The molecule has 26 heavy (non-hydrogen) atoms. The molecule has 1 aromatic rings. The van der Waals surface area contributed by atoms with E-state index in [0.717, 1.165) is 12.8 Å². The molecular formula is C19H27NO6. The van der Waals surface area contributed by atoms with Crippen LogP contribution in [-0.4, -0.2) is 51.3 Å². The van der Waals surface area contributed by atoms with E-state index in [4.69, 9.17) is 14.2 Å². The van der Waals surface area contributed by atoms with Crippen LogP contribution in [0.15, 0.2) is 18.2 Å². The third-order valence-corrected chi connectivity index (χ3v) is 3.61. The summed E-state index contributed by atoms with van der Waals surface area (Å²) in [6.07, 6.45) is 1.85. The summed E-state index contributed by atoms with van der Waals surface area (Å²) in [5.41, 5.74) is 0.695. The minimum Gasteiger partial charge on any atom is -0.462 e. The van der Waals surface area contributed by atoms with Crippen molar-refractivity contribution in [3.8, 4) is 0 Å². The van der Waals surface area contributed by atoms with Gasteiger partial charge in [0.05, 0.1) is 30.0 Å². The molecule has 0 atom stereocenters. The zero-order valence-corrected chi connectivity index (χ0v) is 15.9. The van der Waals surface area contributed by atoms with Gasteiger partial charge in [0.2, 0.25) is 0 Å². The van der Waals surface area contributed by atoms with E-state index >= 15 is 0 Å². The van der Waals surface area contributed by atoms with Gasteiger partial charge >= 0.3 is 11.9 Å². The molecule has 0 saturated carbocycles. The largest absolute Gasteiger partial charge is 0.462 e. The Balaban J connectivity index is 3.05. The highest BCUT2D eigenvalue weighted by molar-refractivity contribution is 6.04. The third-order valence-electron chi connectivity index (χ3n) is 3.61. The molecular weight excluding hydrogens is 338 g/mol. The fourth-order valence-corrected chi connectivity index (χ4v) is 2.18. The molecule has 1 aromatic carbocycles. The smallest absolute Gasteiger partial charge is 0.340 e. The van der Waals surface area contributed by atoms with E-state index < -0.39 is 11.9 Å². The third kappa shape index (κ3) is 6.15. The highest BCUT2D eigenvalue weighted by Crippen LogP contribution is 2.23. The standard InChI is InChI=1S/C19H27NO6/c1-5-8-11-24-13-17(21)20(4)16-10-9-14(18(22)25-6-2)12-15(16)19(23)26-7-3/h9-10,12H,5-8,11,13H2,1-4H3. The van der Waals surface area contributed by atoms with Crippen LogP contribution < -0.4 is 4.90 Å². The summed E-state index contributed by atoms with van der Waals surface area (Å²) in [6, 6.07) is 4.42. The summed E-state index contributed by atoms with van der Waals surface area (Å²) >= 11 is 0. The topological polar surface area (TPSA) is 82.1 Å². The fourth-order valence-electron chi connectivity index (χ4n) is 2.18. The Labute approximate surface area is 154 Å². The Morgan fingerprint density at radius 2 is 1.65 bits per heavy atom. The van der Waals surface area contributed by atoms with Crippen LogP contribution in [0.2, 0.25) is 0 Å². The molecule has 0 aliphatic rings. The summed E-state index contributed by atoms with van der Waals surface area (Å²) in [6.45, 7) is 6.24. The van der Waals surface area contributed by atoms with E-state index in [1.54, 1.807) is 20.9 Å². The Kier molecular flexibility index (Phi) is 9.36. The number of likely N-dealkylation sites (N-methyl/N-ethyl adjacent to an activating group) is 1. The monoisotopic (exact) mass is 365 g/mol. The maximum Gasteiger partial charge on any atom is 0.340 e. The Morgan fingerprint density at radius 3 is 2.27 bits per heavy atom. The van der Waals surface area contributed by atoms with Gasteiger partial charge in [-0.25, -0.2) is 9.59 Å². The number of benzene rings is 1. The number of rotatable bonds is 10. The molecule has 0 aliphatic heterocycles. The average molecular weight is 365 g/mol. The van der Waals surface area contributed by atoms with Crippen LogP contribution in [0.25, 0.3) is 0 Å². The molecule has 7 nitrogen and oxygen atoms in total. The number of amides is 1. The van der Waals surface area contributed by atoms with Crippen LogP contribution in [0.1, 0.15) is 54.3 Å². The SMILES string of the molecule is CCCCOCC(=O)N(C)c1ccc(C(=O)OCC)cc1C(=O)OCC. The van der Waals surface area contributed by atoms with E-state index in [1.165, 1.54) is 23.1 Å². The van der Waals surface area contributed by atoms with Gasteiger partial charge in [-0.15, -0.1) is 0 Å². The highest BCUT2D eigenvalue weighted by atomic mass is 16.5. The Hall–Kier alpha value is -2.41. The number of ether oxygens (including phenoxy) is 3. The summed E-state index contributed by atoms with van der Waals surface area (Å²) in [7, 11) is 1.55. The minimum absolute atomic E-state index is 0.0849. The van der Waals surface area contributed by atoms with Crippen LogP contribution in [0.4, 0.5) is 5.69 Å². The predicted octanol–water partition coefficient (Wildman–Crippen LogP) is 2.82. The normalized spacial score (nSPS) is 10.3. The molecule has 0 spiro atoms. The molecule has 0 bridgehead atoms. The van der Waals surface area contributed by atoms with E-state index in [0.29, 0.717) is 12.3 Å². The van der Waals surface area contributed by atoms with Crippen molar-refractivity contribution in [2.24, 2.45) is 0 Å². The van der Waals surface area contributed by atoms with Gasteiger partial charge in [0.1, 0.15) is 6.61 Å². The first-order chi connectivity index (χ1) is 12.5. The molecule has 0 aliphatic carbocycles. The van der Waals surface area contributed by atoms with E-state index in [-0.39, 0.29) is 36.9 Å². The van der Waals surface area contributed by atoms with Crippen LogP contribution in [-0.2, 0) is 19.0 Å². The minimum atomic E-state index is -0.611. The van der Waals surface area contributed by atoms with Crippen molar-refractivity contribution < 1.29 is 28.6 Å². The highest BCUT2D eigenvalue weighted by Gasteiger charge is 2.22. The van der Waals surface area contributed by atoms with Gasteiger partial charge < -0.3 is 19.1 Å². The van der Waals surface area contributed by atoms with Crippen LogP contribution in [0, 0.1) is 0 Å². The number of nitrogens with zero attached hydrogens (tertiary/aromatic N) is 1. The second-order valence-electron chi connectivity index (χ2n) is 5.53. The zero-order chi connectivity index (χ0) is 19.5. The average Bonchev–Trinajstić information content (AvgIpc) is 2.64. The van der Waals surface area contributed by atoms with Gasteiger partial charge in [0, 0.05) is 13.7 Å². The lowest BCUT2D eigenvalue weighted by molar-refractivity contribution is -0.122. The van der Waals surface area contributed by atoms with Crippen molar-refractivity contribution >= 4 is 23.5 Å². The first-order valence-electron chi connectivity index (χ1n) is 8.78. The van der Waals surface area contributed by atoms with Crippen molar-refractivity contribution in [1.82, 2.24) is 0 Å². The summed E-state index contributed by atoms with van der Waals surface area (Å²) in [5.74, 6) is -1.45. The molecule has 0 aromatic heterocycles. The Bertz CT molecular complexity index is 628. The summed E-state index contributed by atoms with van der Waals surface area (Å²) in [5, 5.41) is 0. The number of carbonyl (C=O) groups excluding carboxylic acids is 3. The van der Waals surface area contributed by atoms with Gasteiger partial charge in [0.25, 0.3) is 5.91 Å². The quantitative estimate of drug-likeness (QED) is 0.468. The maximum absolute atomic E-state index is 12.3. The lowest BCUT2D eigenvalue weighted by Crippen LogP contribution is -2.32. The summed E-state index contributed by atoms with van der Waals surface area (Å²) in [4.78, 5) is 37.8. The number of unbranched alkanes of at least 4 members (excludes halogenated alkanes) is 1. The molecule has 0 unspecified atom stereocenters. The lowest BCUT2D eigenvalue weighted by atomic mass is 10.1. The number of hydrogen-bond acceptors (Lipinski definition) is 6. The van der Waals surface area contributed by atoms with Gasteiger partial charge in [-0.05, 0) is 38.5 Å². The molecule has 0 N–H and O–H groups in total. The van der Waals surface area contributed by atoms with Crippen molar-refractivity contribution in [3.05, 3.63) is 29.3 Å². The van der Waals surface area contributed by atoms with Gasteiger partial charge in [-0.1, -0.05) is 13.3 Å². The maximum atomic E-state index is 12.3. The first-order valence-corrected chi connectivity index (χ1v) is 8.78. The Morgan fingerprint density at radius 1 is 1.00 bits per heavy atom. The number of esters is 2. The van der Waals surface area contributed by atoms with Gasteiger partial charge in [0.15, 0.2) is 0 Å². The molecule has 1 amide bonds. The number of anilines is 1. The van der Waals surface area contributed by atoms with Gasteiger partial charge in [-0.2, -0.15) is 0 Å². The van der Waals surface area contributed by atoms with E-state index in [2.05, 4.69) is 0 Å². The molecule has 0 fully saturated rings. The molecule has 0 saturated heterocycles. The molecule has 7 heteroatoms. The van der Waals surface area contributed by atoms with Crippen molar-refractivity contribution in [3.63, 3.8) is 0 Å². The predicted molar refractivity (Wildman–Crippen MR) is 97.5 cm³/mol. The molecule has 0 heterocycles.